The van der Waals surface area contributed by atoms with E-state index in [1.165, 1.54) is 25.0 Å². The molecule has 0 aromatic carbocycles. The van der Waals surface area contributed by atoms with Gasteiger partial charge in [0.25, 0.3) is 0 Å². The lowest BCUT2D eigenvalue weighted by Gasteiger charge is -2.39. The molecule has 3 unspecified atom stereocenters. The van der Waals surface area contributed by atoms with E-state index in [4.69, 9.17) is 4.74 Å². The molecule has 3 nitrogen and oxygen atoms in total. The third kappa shape index (κ3) is 3.34. The molecule has 0 saturated carbocycles. The van der Waals surface area contributed by atoms with Gasteiger partial charge in [-0.05, 0) is 38.8 Å². The Hall–Kier alpha value is -0.380. The number of likely N-dealkylation sites (N-methyl/N-ethyl adjacent to an activating group) is 1. The van der Waals surface area contributed by atoms with Crippen LogP contribution in [-0.4, -0.2) is 49.3 Å². The van der Waals surface area contributed by atoms with Crippen LogP contribution in [0.25, 0.3) is 0 Å². The number of hydrogen-bond acceptors (Lipinski definition) is 3. The lowest BCUT2D eigenvalue weighted by molar-refractivity contribution is -0.0642. The predicted octanol–water partition coefficient (Wildman–Crippen LogP) is 2.18. The maximum atomic E-state index is 6.11. The summed E-state index contributed by atoms with van der Waals surface area (Å²) in [7, 11) is 0. The number of ether oxygens (including phenoxy) is 1. The maximum absolute atomic E-state index is 6.11. The molecule has 2 heterocycles. The summed E-state index contributed by atoms with van der Waals surface area (Å²) in [6.45, 7) is 12.8. The Morgan fingerprint density at radius 2 is 2.33 bits per heavy atom. The van der Waals surface area contributed by atoms with Crippen LogP contribution in [0.2, 0.25) is 0 Å². The first kappa shape index (κ1) is 14.0. The minimum atomic E-state index is 0.336. The summed E-state index contributed by atoms with van der Waals surface area (Å²) in [6.07, 6.45) is 5.12. The van der Waals surface area contributed by atoms with Crippen LogP contribution < -0.4 is 5.32 Å². The Balaban J connectivity index is 1.91. The molecule has 1 N–H and O–H groups in total. The monoisotopic (exact) mass is 252 g/mol. The molecule has 0 aliphatic carbocycles. The molecular weight excluding hydrogens is 224 g/mol. The molecule has 3 heteroatoms. The molecule has 2 fully saturated rings. The molecule has 0 aromatic heterocycles. The molecule has 104 valence electrons. The Morgan fingerprint density at radius 1 is 1.50 bits per heavy atom. The molecule has 0 spiro atoms. The van der Waals surface area contributed by atoms with Crippen LogP contribution in [0.3, 0.4) is 0 Å². The number of rotatable bonds is 6. The van der Waals surface area contributed by atoms with Gasteiger partial charge in [0.05, 0.1) is 12.7 Å². The van der Waals surface area contributed by atoms with Crippen molar-refractivity contribution in [1.29, 1.82) is 0 Å². The molecule has 0 amide bonds. The lowest BCUT2D eigenvalue weighted by atomic mass is 9.99. The van der Waals surface area contributed by atoms with Crippen molar-refractivity contribution in [3.05, 3.63) is 12.2 Å². The summed E-state index contributed by atoms with van der Waals surface area (Å²) >= 11 is 0. The molecule has 0 radical (unpaired) electrons. The Morgan fingerprint density at radius 3 is 3.06 bits per heavy atom. The Kier molecular flexibility index (Phi) is 5.22. The fourth-order valence-electron chi connectivity index (χ4n) is 3.14. The van der Waals surface area contributed by atoms with Gasteiger partial charge in [0, 0.05) is 18.6 Å². The van der Waals surface area contributed by atoms with E-state index in [1.807, 2.05) is 0 Å². The molecule has 0 aromatic rings. The molecule has 2 rings (SSSR count). The first-order valence-corrected chi connectivity index (χ1v) is 7.50. The summed E-state index contributed by atoms with van der Waals surface area (Å²) < 4.78 is 6.11. The van der Waals surface area contributed by atoms with Crippen LogP contribution in [0.15, 0.2) is 12.2 Å². The second-order valence-corrected chi connectivity index (χ2v) is 5.63. The van der Waals surface area contributed by atoms with Crippen molar-refractivity contribution in [2.45, 2.75) is 57.7 Å². The second kappa shape index (κ2) is 6.69. The molecule has 2 aliphatic rings. The standard InChI is InChI=1S/C15H28N2O/c1-4-12(3)9-14(16-5-2)15-10-17-8-6-7-13(17)11-18-15/h13-16H,3-11H2,1-2H3. The molecule has 3 atom stereocenters. The number of morpholine rings is 1. The van der Waals surface area contributed by atoms with Crippen LogP contribution in [0, 0.1) is 0 Å². The largest absolute Gasteiger partial charge is 0.374 e. The van der Waals surface area contributed by atoms with Crippen molar-refractivity contribution in [3.8, 4) is 0 Å². The van der Waals surface area contributed by atoms with Gasteiger partial charge < -0.3 is 10.1 Å². The van der Waals surface area contributed by atoms with E-state index in [-0.39, 0.29) is 0 Å². The van der Waals surface area contributed by atoms with Gasteiger partial charge in [-0.15, -0.1) is 0 Å². The highest BCUT2D eigenvalue weighted by molar-refractivity contribution is 5.00. The van der Waals surface area contributed by atoms with Crippen molar-refractivity contribution in [2.75, 3.05) is 26.2 Å². The van der Waals surface area contributed by atoms with Crippen molar-refractivity contribution < 1.29 is 4.74 Å². The van der Waals surface area contributed by atoms with Crippen LogP contribution >= 0.6 is 0 Å². The number of hydrogen-bond donors (Lipinski definition) is 1. The van der Waals surface area contributed by atoms with E-state index >= 15 is 0 Å². The molecule has 0 bridgehead atoms. The quantitative estimate of drug-likeness (QED) is 0.733. The molecule has 2 saturated heterocycles. The summed E-state index contributed by atoms with van der Waals surface area (Å²) in [4.78, 5) is 2.62. The van der Waals surface area contributed by atoms with E-state index in [1.54, 1.807) is 0 Å². The fraction of sp³-hybridized carbons (Fsp3) is 0.867. The van der Waals surface area contributed by atoms with Crippen LogP contribution in [0.5, 0.6) is 0 Å². The highest BCUT2D eigenvalue weighted by Crippen LogP contribution is 2.25. The topological polar surface area (TPSA) is 24.5 Å². The second-order valence-electron chi connectivity index (χ2n) is 5.63. The summed E-state index contributed by atoms with van der Waals surface area (Å²) in [5.74, 6) is 0. The van der Waals surface area contributed by atoms with Crippen molar-refractivity contribution >= 4 is 0 Å². The van der Waals surface area contributed by atoms with Crippen molar-refractivity contribution in [2.24, 2.45) is 0 Å². The van der Waals surface area contributed by atoms with Gasteiger partial charge in [0.2, 0.25) is 0 Å². The minimum absolute atomic E-state index is 0.336. The van der Waals surface area contributed by atoms with Gasteiger partial charge in [-0.25, -0.2) is 0 Å². The SMILES string of the molecule is C=C(CC)CC(NCC)C1CN2CCCC2CO1. The minimum Gasteiger partial charge on any atom is -0.374 e. The maximum Gasteiger partial charge on any atom is 0.0858 e. The highest BCUT2D eigenvalue weighted by Gasteiger charge is 2.35. The van der Waals surface area contributed by atoms with Gasteiger partial charge in [-0.1, -0.05) is 26.0 Å². The molecular formula is C15H28N2O. The van der Waals surface area contributed by atoms with Gasteiger partial charge in [0.15, 0.2) is 0 Å². The fourth-order valence-corrected chi connectivity index (χ4v) is 3.14. The smallest absolute Gasteiger partial charge is 0.0858 e. The summed E-state index contributed by atoms with van der Waals surface area (Å²) in [5, 5.41) is 3.58. The van der Waals surface area contributed by atoms with Crippen molar-refractivity contribution in [3.63, 3.8) is 0 Å². The Bertz CT molecular complexity index is 280. The van der Waals surface area contributed by atoms with E-state index in [0.717, 1.165) is 32.5 Å². The van der Waals surface area contributed by atoms with Gasteiger partial charge in [0.1, 0.15) is 0 Å². The third-order valence-corrected chi connectivity index (χ3v) is 4.34. The lowest BCUT2D eigenvalue weighted by Crippen LogP contribution is -2.54. The first-order chi connectivity index (χ1) is 8.74. The number of fused-ring (bicyclic) bond motifs is 1. The normalized spacial score (nSPS) is 30.1. The van der Waals surface area contributed by atoms with Crippen LogP contribution in [0.1, 0.15) is 39.5 Å². The van der Waals surface area contributed by atoms with E-state index in [9.17, 15) is 0 Å². The predicted molar refractivity (Wildman–Crippen MR) is 75.8 cm³/mol. The van der Waals surface area contributed by atoms with E-state index in [2.05, 4.69) is 30.6 Å². The summed E-state index contributed by atoms with van der Waals surface area (Å²) in [5.41, 5.74) is 1.33. The van der Waals surface area contributed by atoms with Crippen molar-refractivity contribution in [1.82, 2.24) is 10.2 Å². The Labute approximate surface area is 112 Å². The average Bonchev–Trinajstić information content (AvgIpc) is 2.85. The number of nitrogens with zero attached hydrogens (tertiary/aromatic N) is 1. The summed E-state index contributed by atoms with van der Waals surface area (Å²) in [6, 6.07) is 1.13. The zero-order chi connectivity index (χ0) is 13.0. The van der Waals surface area contributed by atoms with E-state index in [0.29, 0.717) is 18.2 Å². The average molecular weight is 252 g/mol. The van der Waals surface area contributed by atoms with Gasteiger partial charge in [-0.2, -0.15) is 0 Å². The van der Waals surface area contributed by atoms with Crippen LogP contribution in [0.4, 0.5) is 0 Å². The van der Waals surface area contributed by atoms with Gasteiger partial charge in [-0.3, -0.25) is 4.90 Å². The third-order valence-electron chi connectivity index (χ3n) is 4.34. The first-order valence-electron chi connectivity index (χ1n) is 7.50. The zero-order valence-electron chi connectivity index (χ0n) is 12.0. The molecule has 18 heavy (non-hydrogen) atoms. The molecule has 2 aliphatic heterocycles. The highest BCUT2D eigenvalue weighted by atomic mass is 16.5. The van der Waals surface area contributed by atoms with E-state index < -0.39 is 0 Å². The van der Waals surface area contributed by atoms with Gasteiger partial charge >= 0.3 is 0 Å². The zero-order valence-corrected chi connectivity index (χ0v) is 12.0. The van der Waals surface area contributed by atoms with Crippen LogP contribution in [-0.2, 0) is 4.74 Å². The number of nitrogens with one attached hydrogen (secondary N) is 1.